The number of carbonyl (C=O) groups is 1. The molecular formula is C6H6BrF3O2. The van der Waals surface area contributed by atoms with Gasteiger partial charge in [0.2, 0.25) is 0 Å². The lowest BCUT2D eigenvalue weighted by atomic mass is 10.3. The Hall–Kier alpha value is -0.520. The van der Waals surface area contributed by atoms with Crippen LogP contribution in [-0.2, 0) is 9.53 Å². The number of hydrogen-bond donors (Lipinski definition) is 0. The highest BCUT2D eigenvalue weighted by Crippen LogP contribution is 2.26. The number of carbonyl (C=O) groups excluding carboxylic acids is 1. The molecule has 70 valence electrons. The summed E-state index contributed by atoms with van der Waals surface area (Å²) in [4.78, 5) is 10.4. The van der Waals surface area contributed by atoms with Gasteiger partial charge in [0.1, 0.15) is 0 Å². The zero-order chi connectivity index (χ0) is 9.78. The lowest BCUT2D eigenvalue weighted by molar-refractivity contribution is -0.135. The number of hydrogen-bond acceptors (Lipinski definition) is 2. The van der Waals surface area contributed by atoms with Crippen LogP contribution in [0.2, 0.25) is 0 Å². The molecule has 0 atom stereocenters. The van der Waals surface area contributed by atoms with E-state index in [0.717, 1.165) is 7.11 Å². The van der Waals surface area contributed by atoms with Crippen molar-refractivity contribution in [3.05, 3.63) is 11.6 Å². The van der Waals surface area contributed by atoms with Crippen molar-refractivity contribution in [2.75, 3.05) is 12.4 Å². The standard InChI is InChI=1S/C6H6BrF3O2/c1-12-5(11)2-4(3-7)6(8,9)10/h2H,3H2,1H3. The maximum absolute atomic E-state index is 11.9. The molecule has 0 saturated heterocycles. The van der Waals surface area contributed by atoms with Crippen molar-refractivity contribution >= 4 is 21.9 Å². The highest BCUT2D eigenvalue weighted by atomic mass is 79.9. The SMILES string of the molecule is COC(=O)C=C(CBr)C(F)(F)F. The van der Waals surface area contributed by atoms with E-state index in [1.807, 2.05) is 0 Å². The van der Waals surface area contributed by atoms with E-state index in [2.05, 4.69) is 20.7 Å². The third-order valence-electron chi connectivity index (χ3n) is 1.00. The molecular weight excluding hydrogens is 241 g/mol. The van der Waals surface area contributed by atoms with Gasteiger partial charge in [0, 0.05) is 11.4 Å². The van der Waals surface area contributed by atoms with E-state index in [4.69, 9.17) is 0 Å². The summed E-state index contributed by atoms with van der Waals surface area (Å²) in [7, 11) is 1.01. The molecule has 6 heteroatoms. The molecule has 0 aromatic heterocycles. The van der Waals surface area contributed by atoms with E-state index in [-0.39, 0.29) is 0 Å². The van der Waals surface area contributed by atoms with Gasteiger partial charge in [-0.2, -0.15) is 13.2 Å². The normalized spacial score (nSPS) is 12.9. The Kier molecular flexibility index (Phi) is 4.30. The van der Waals surface area contributed by atoms with Crippen molar-refractivity contribution in [2.24, 2.45) is 0 Å². The Morgan fingerprint density at radius 1 is 1.58 bits per heavy atom. The summed E-state index contributed by atoms with van der Waals surface area (Å²) in [5.41, 5.74) is -0.964. The first kappa shape index (κ1) is 11.5. The van der Waals surface area contributed by atoms with Crippen molar-refractivity contribution in [3.63, 3.8) is 0 Å². The molecule has 0 radical (unpaired) electrons. The zero-order valence-corrected chi connectivity index (χ0v) is 7.70. The van der Waals surface area contributed by atoms with E-state index in [1.54, 1.807) is 0 Å². The number of ether oxygens (including phenoxy) is 1. The van der Waals surface area contributed by atoms with Gasteiger partial charge in [-0.1, -0.05) is 15.9 Å². The second kappa shape index (κ2) is 4.49. The second-order valence-electron chi connectivity index (χ2n) is 1.82. The Labute approximate surface area is 75.5 Å². The first-order chi connectivity index (χ1) is 5.41. The molecule has 0 rings (SSSR count). The monoisotopic (exact) mass is 246 g/mol. The summed E-state index contributed by atoms with van der Waals surface area (Å²) >= 11 is 2.61. The number of alkyl halides is 4. The van der Waals surface area contributed by atoms with Crippen LogP contribution in [0.4, 0.5) is 13.2 Å². The lowest BCUT2D eigenvalue weighted by Crippen LogP contribution is -2.15. The number of rotatable bonds is 2. The largest absolute Gasteiger partial charge is 0.466 e. The minimum Gasteiger partial charge on any atom is -0.466 e. The molecule has 0 aliphatic rings. The van der Waals surface area contributed by atoms with Crippen LogP contribution in [0.15, 0.2) is 11.6 Å². The molecule has 0 amide bonds. The van der Waals surface area contributed by atoms with Gasteiger partial charge >= 0.3 is 12.1 Å². The molecule has 0 spiro atoms. The van der Waals surface area contributed by atoms with Gasteiger partial charge in [-0.15, -0.1) is 0 Å². The van der Waals surface area contributed by atoms with Gasteiger partial charge in [-0.05, 0) is 0 Å². The predicted octanol–water partition coefficient (Wildman–Crippen LogP) is 2.04. The molecule has 0 unspecified atom stereocenters. The number of esters is 1. The highest BCUT2D eigenvalue weighted by molar-refractivity contribution is 9.09. The Morgan fingerprint density at radius 2 is 2.08 bits per heavy atom. The summed E-state index contributed by atoms with van der Waals surface area (Å²) in [5, 5.41) is -0.425. The van der Waals surface area contributed by atoms with E-state index >= 15 is 0 Å². The third kappa shape index (κ3) is 3.75. The fourth-order valence-electron chi connectivity index (χ4n) is 0.397. The van der Waals surface area contributed by atoms with Gasteiger partial charge in [0.15, 0.2) is 0 Å². The fraction of sp³-hybridized carbons (Fsp3) is 0.500. The number of halogens is 4. The van der Waals surface area contributed by atoms with Gasteiger partial charge in [0.05, 0.1) is 12.7 Å². The fourth-order valence-corrected chi connectivity index (χ4v) is 0.877. The maximum Gasteiger partial charge on any atom is 0.413 e. The summed E-state index contributed by atoms with van der Waals surface area (Å²) in [5.74, 6) is -1.01. The molecule has 0 aromatic carbocycles. The Balaban J connectivity index is 4.55. The predicted molar refractivity (Wildman–Crippen MR) is 39.9 cm³/mol. The number of allylic oxidation sites excluding steroid dienone is 1. The second-order valence-corrected chi connectivity index (χ2v) is 2.38. The van der Waals surface area contributed by atoms with Gasteiger partial charge < -0.3 is 4.74 Å². The molecule has 0 aromatic rings. The van der Waals surface area contributed by atoms with Gasteiger partial charge in [-0.3, -0.25) is 0 Å². The van der Waals surface area contributed by atoms with Crippen LogP contribution in [0, 0.1) is 0 Å². The minimum atomic E-state index is -4.49. The smallest absolute Gasteiger partial charge is 0.413 e. The van der Waals surface area contributed by atoms with E-state index < -0.39 is 23.0 Å². The lowest BCUT2D eigenvalue weighted by Gasteiger charge is -2.07. The van der Waals surface area contributed by atoms with E-state index in [1.165, 1.54) is 0 Å². The van der Waals surface area contributed by atoms with Crippen molar-refractivity contribution in [1.82, 2.24) is 0 Å². The van der Waals surface area contributed by atoms with Crippen LogP contribution in [-0.4, -0.2) is 24.6 Å². The van der Waals surface area contributed by atoms with Crippen LogP contribution in [0.3, 0.4) is 0 Å². The Morgan fingerprint density at radius 3 is 2.33 bits per heavy atom. The number of methoxy groups -OCH3 is 1. The van der Waals surface area contributed by atoms with Gasteiger partial charge in [0.25, 0.3) is 0 Å². The molecule has 2 nitrogen and oxygen atoms in total. The Bertz CT molecular complexity index is 197. The summed E-state index contributed by atoms with van der Waals surface area (Å²) < 4.78 is 39.8. The van der Waals surface area contributed by atoms with Crippen LogP contribution < -0.4 is 0 Å². The zero-order valence-electron chi connectivity index (χ0n) is 6.11. The van der Waals surface area contributed by atoms with Crippen molar-refractivity contribution in [2.45, 2.75) is 6.18 Å². The van der Waals surface area contributed by atoms with Crippen LogP contribution in [0.5, 0.6) is 0 Å². The molecule has 0 aliphatic carbocycles. The maximum atomic E-state index is 11.9. The minimum absolute atomic E-state index is 0.411. The quantitative estimate of drug-likeness (QED) is 0.424. The molecule has 12 heavy (non-hydrogen) atoms. The van der Waals surface area contributed by atoms with Crippen LogP contribution >= 0.6 is 15.9 Å². The van der Waals surface area contributed by atoms with E-state index in [0.29, 0.717) is 6.08 Å². The molecule has 0 N–H and O–H groups in total. The molecule has 0 fully saturated rings. The molecule has 0 saturated carbocycles. The average molecular weight is 247 g/mol. The van der Waals surface area contributed by atoms with Crippen molar-refractivity contribution in [1.29, 1.82) is 0 Å². The topological polar surface area (TPSA) is 26.3 Å². The highest BCUT2D eigenvalue weighted by Gasteiger charge is 2.33. The van der Waals surface area contributed by atoms with Crippen LogP contribution in [0.1, 0.15) is 0 Å². The molecule has 0 bridgehead atoms. The summed E-state index contributed by atoms with van der Waals surface area (Å²) in [6, 6.07) is 0. The molecule has 0 aliphatic heterocycles. The van der Waals surface area contributed by atoms with Crippen molar-refractivity contribution < 1.29 is 22.7 Å². The van der Waals surface area contributed by atoms with Gasteiger partial charge in [-0.25, -0.2) is 4.79 Å². The average Bonchev–Trinajstić information content (AvgIpc) is 1.97. The first-order valence-electron chi connectivity index (χ1n) is 2.83. The third-order valence-corrected chi connectivity index (χ3v) is 1.61. The van der Waals surface area contributed by atoms with Crippen LogP contribution in [0.25, 0.3) is 0 Å². The van der Waals surface area contributed by atoms with E-state index in [9.17, 15) is 18.0 Å². The summed E-state index contributed by atoms with van der Waals surface area (Å²) in [6.07, 6.45) is -4.08. The summed E-state index contributed by atoms with van der Waals surface area (Å²) in [6.45, 7) is 0. The molecule has 0 heterocycles. The first-order valence-corrected chi connectivity index (χ1v) is 3.95. The van der Waals surface area contributed by atoms with Crippen molar-refractivity contribution in [3.8, 4) is 0 Å².